The monoisotopic (exact) mass is 320 g/mol. The molecule has 0 spiro atoms. The average Bonchev–Trinajstić information content (AvgIpc) is 2.52. The maximum Gasteiger partial charge on any atom is 0.339 e. The van der Waals surface area contributed by atoms with Crippen molar-refractivity contribution in [1.29, 1.82) is 0 Å². The Bertz CT molecular complexity index is 558. The summed E-state index contributed by atoms with van der Waals surface area (Å²) in [6.45, 7) is 5.90. The lowest BCUT2D eigenvalue weighted by Crippen LogP contribution is -2.47. The number of esters is 1. The summed E-state index contributed by atoms with van der Waals surface area (Å²) >= 11 is 0. The van der Waals surface area contributed by atoms with Crippen LogP contribution in [0.3, 0.4) is 0 Å². The van der Waals surface area contributed by atoms with Gasteiger partial charge < -0.3 is 15.3 Å². The lowest BCUT2D eigenvalue weighted by molar-refractivity contribution is -0.605. The van der Waals surface area contributed by atoms with Crippen molar-refractivity contribution in [3.63, 3.8) is 0 Å². The highest BCUT2D eigenvalue weighted by Gasteiger charge is 2.30. The van der Waals surface area contributed by atoms with Gasteiger partial charge in [0.25, 0.3) is 5.91 Å². The van der Waals surface area contributed by atoms with Crippen LogP contribution in [0.4, 0.5) is 0 Å². The van der Waals surface area contributed by atoms with Crippen LogP contribution in [0.15, 0.2) is 24.5 Å². The second kappa shape index (κ2) is 7.44. The lowest BCUT2D eigenvalue weighted by Gasteiger charge is -2.35. The van der Waals surface area contributed by atoms with Gasteiger partial charge in [0, 0.05) is 18.2 Å². The second-order valence-corrected chi connectivity index (χ2v) is 6.38. The Morgan fingerprint density at radius 3 is 2.61 bits per heavy atom. The third-order valence-electron chi connectivity index (χ3n) is 4.73. The van der Waals surface area contributed by atoms with Crippen molar-refractivity contribution < 1.29 is 19.1 Å². The molecule has 1 aromatic heterocycles. The quantitative estimate of drug-likeness (QED) is 0.521. The molecule has 6 nitrogen and oxygen atoms in total. The van der Waals surface area contributed by atoms with E-state index in [4.69, 9.17) is 4.74 Å². The van der Waals surface area contributed by atoms with Crippen LogP contribution in [0.25, 0.3) is 0 Å². The van der Waals surface area contributed by atoms with Gasteiger partial charge in [0.1, 0.15) is 0 Å². The minimum Gasteiger partial charge on any atom is -0.619 e. The summed E-state index contributed by atoms with van der Waals surface area (Å²) in [5.74, 6) is 0.102. The van der Waals surface area contributed by atoms with Gasteiger partial charge in [-0.1, -0.05) is 26.7 Å². The molecule has 0 bridgehead atoms. The fraction of sp³-hybridized carbons (Fsp3) is 0.588. The molecule has 1 aromatic rings. The predicted molar refractivity (Wildman–Crippen MR) is 84.4 cm³/mol. The highest BCUT2D eigenvalue weighted by Crippen LogP contribution is 2.29. The third-order valence-corrected chi connectivity index (χ3v) is 4.73. The van der Waals surface area contributed by atoms with Crippen molar-refractivity contribution in [2.45, 2.75) is 52.2 Å². The SMILES string of the molecule is C[C@H]1[C@@H](C)CCC[C@H]1NC(=O)[C@H](C)OC(=O)c1cc[n+]([O-])cc1. The van der Waals surface area contributed by atoms with Gasteiger partial charge in [-0.2, -0.15) is 4.73 Å². The molecule has 2 rings (SSSR count). The smallest absolute Gasteiger partial charge is 0.339 e. The van der Waals surface area contributed by atoms with Gasteiger partial charge in [-0.25, -0.2) is 4.79 Å². The molecule has 1 aliphatic rings. The van der Waals surface area contributed by atoms with E-state index in [1.165, 1.54) is 30.9 Å². The van der Waals surface area contributed by atoms with Gasteiger partial charge in [0.05, 0.1) is 5.56 Å². The van der Waals surface area contributed by atoms with Crippen LogP contribution in [-0.4, -0.2) is 24.0 Å². The molecule has 1 aliphatic carbocycles. The second-order valence-electron chi connectivity index (χ2n) is 6.38. The van der Waals surface area contributed by atoms with E-state index >= 15 is 0 Å². The summed E-state index contributed by atoms with van der Waals surface area (Å²) in [6, 6.07) is 2.86. The molecule has 126 valence electrons. The molecule has 1 N–H and O–H groups in total. The summed E-state index contributed by atoms with van der Waals surface area (Å²) in [6.07, 6.45) is 4.81. The number of nitrogens with one attached hydrogen (secondary N) is 1. The molecule has 0 aromatic carbocycles. The van der Waals surface area contributed by atoms with E-state index in [0.29, 0.717) is 16.6 Å². The van der Waals surface area contributed by atoms with Crippen LogP contribution in [0, 0.1) is 17.0 Å². The molecule has 0 saturated heterocycles. The summed E-state index contributed by atoms with van der Waals surface area (Å²) in [7, 11) is 0. The van der Waals surface area contributed by atoms with E-state index in [9.17, 15) is 14.8 Å². The van der Waals surface area contributed by atoms with Crippen LogP contribution in [0.1, 0.15) is 50.4 Å². The van der Waals surface area contributed by atoms with Gasteiger partial charge >= 0.3 is 5.97 Å². The largest absolute Gasteiger partial charge is 0.619 e. The van der Waals surface area contributed by atoms with Crippen LogP contribution in [-0.2, 0) is 9.53 Å². The number of hydrogen-bond donors (Lipinski definition) is 1. The number of ether oxygens (including phenoxy) is 1. The maximum atomic E-state index is 12.2. The normalized spacial score (nSPS) is 25.4. The Labute approximate surface area is 136 Å². The van der Waals surface area contributed by atoms with Gasteiger partial charge in [-0.3, -0.25) is 4.79 Å². The number of rotatable bonds is 4. The summed E-state index contributed by atoms with van der Waals surface area (Å²) in [5.41, 5.74) is 0.247. The number of nitrogens with zero attached hydrogens (tertiary/aromatic N) is 1. The minimum absolute atomic E-state index is 0.128. The summed E-state index contributed by atoms with van der Waals surface area (Å²) in [4.78, 5) is 24.2. The van der Waals surface area contributed by atoms with Crippen LogP contribution < -0.4 is 10.0 Å². The molecule has 1 amide bonds. The van der Waals surface area contributed by atoms with E-state index in [2.05, 4.69) is 19.2 Å². The topological polar surface area (TPSA) is 82.3 Å². The first-order valence-electron chi connectivity index (χ1n) is 8.08. The Kier molecular flexibility index (Phi) is 5.58. The van der Waals surface area contributed by atoms with Crippen LogP contribution in [0.2, 0.25) is 0 Å². The Morgan fingerprint density at radius 1 is 1.30 bits per heavy atom. The number of amides is 1. The zero-order chi connectivity index (χ0) is 17.0. The van der Waals surface area contributed by atoms with Crippen molar-refractivity contribution in [3.8, 4) is 0 Å². The summed E-state index contributed by atoms with van der Waals surface area (Å²) in [5, 5.41) is 13.9. The maximum absolute atomic E-state index is 12.2. The van der Waals surface area contributed by atoms with Crippen LogP contribution >= 0.6 is 0 Å². The Morgan fingerprint density at radius 2 is 1.96 bits per heavy atom. The molecule has 1 fully saturated rings. The van der Waals surface area contributed by atoms with Gasteiger partial charge in [0.2, 0.25) is 0 Å². The van der Waals surface area contributed by atoms with E-state index in [1.54, 1.807) is 6.92 Å². The van der Waals surface area contributed by atoms with E-state index < -0.39 is 12.1 Å². The van der Waals surface area contributed by atoms with Crippen molar-refractivity contribution in [2.24, 2.45) is 11.8 Å². The number of aromatic nitrogens is 1. The molecular weight excluding hydrogens is 296 g/mol. The highest BCUT2D eigenvalue weighted by atomic mass is 16.5. The first-order chi connectivity index (χ1) is 10.9. The van der Waals surface area contributed by atoms with Crippen molar-refractivity contribution >= 4 is 11.9 Å². The first-order valence-corrected chi connectivity index (χ1v) is 8.08. The molecule has 6 heteroatoms. The number of carbonyl (C=O) groups excluding carboxylic acids is 2. The number of pyridine rings is 1. The molecule has 23 heavy (non-hydrogen) atoms. The fourth-order valence-corrected chi connectivity index (χ4v) is 2.92. The highest BCUT2D eigenvalue weighted by molar-refractivity contribution is 5.92. The molecule has 4 atom stereocenters. The fourth-order valence-electron chi connectivity index (χ4n) is 2.92. The van der Waals surface area contributed by atoms with E-state index in [0.717, 1.165) is 12.8 Å². The standard InChI is InChI=1S/C17H24N2O4/c1-11-5-4-6-15(12(11)2)18-16(20)13(3)23-17(21)14-7-9-19(22)10-8-14/h7-13,15H,4-6H2,1-3H3,(H,18,20)/t11-,12-,13-,15+/m0/s1. The predicted octanol–water partition coefficient (Wildman–Crippen LogP) is 1.81. The molecule has 1 saturated carbocycles. The first kappa shape index (κ1) is 17.2. The van der Waals surface area contributed by atoms with Gasteiger partial charge in [-0.05, 0) is 25.2 Å². The molecule has 1 heterocycles. The van der Waals surface area contributed by atoms with E-state index in [-0.39, 0.29) is 17.5 Å². The zero-order valence-corrected chi connectivity index (χ0v) is 13.8. The lowest BCUT2D eigenvalue weighted by atomic mass is 9.78. The van der Waals surface area contributed by atoms with Gasteiger partial charge in [0.15, 0.2) is 18.5 Å². The Balaban J connectivity index is 1.89. The van der Waals surface area contributed by atoms with Crippen molar-refractivity contribution in [2.75, 3.05) is 0 Å². The molecular formula is C17H24N2O4. The molecule has 0 aliphatic heterocycles. The Hall–Kier alpha value is -2.11. The molecule has 0 radical (unpaired) electrons. The van der Waals surface area contributed by atoms with Crippen LogP contribution in [0.5, 0.6) is 0 Å². The van der Waals surface area contributed by atoms with Gasteiger partial charge in [-0.15, -0.1) is 0 Å². The van der Waals surface area contributed by atoms with Crippen molar-refractivity contribution in [1.82, 2.24) is 5.32 Å². The molecule has 0 unspecified atom stereocenters. The summed E-state index contributed by atoms with van der Waals surface area (Å²) < 4.78 is 5.76. The zero-order valence-electron chi connectivity index (χ0n) is 13.8. The van der Waals surface area contributed by atoms with Crippen molar-refractivity contribution in [3.05, 3.63) is 35.3 Å². The number of hydrogen-bond acceptors (Lipinski definition) is 4. The third kappa shape index (κ3) is 4.43. The average molecular weight is 320 g/mol. The number of carbonyl (C=O) groups is 2. The van der Waals surface area contributed by atoms with E-state index in [1.807, 2.05) is 0 Å². The minimum atomic E-state index is -0.869.